The normalized spacial score (nSPS) is 11.6. The topological polar surface area (TPSA) is 46.0 Å². The number of hydrogen-bond acceptors (Lipinski definition) is 5. The summed E-state index contributed by atoms with van der Waals surface area (Å²) >= 11 is 2.82. The molecular formula is C19H15F3N2OS2. The van der Waals surface area contributed by atoms with E-state index >= 15 is 0 Å². The number of thioether (sulfide) groups is 1. The molecule has 0 saturated carbocycles. The van der Waals surface area contributed by atoms with Gasteiger partial charge in [-0.15, -0.1) is 11.8 Å². The lowest BCUT2D eigenvalue weighted by Crippen LogP contribution is -2.03. The summed E-state index contributed by atoms with van der Waals surface area (Å²) in [5.74, 6) is 0.625. The Labute approximate surface area is 163 Å². The van der Waals surface area contributed by atoms with E-state index in [0.29, 0.717) is 21.4 Å². The largest absolute Gasteiger partial charge is 0.416 e. The first-order chi connectivity index (χ1) is 13.0. The number of aromatic nitrogens is 2. The van der Waals surface area contributed by atoms with Gasteiger partial charge in [-0.2, -0.15) is 13.2 Å². The number of nitrogens with zero attached hydrogens (tertiary/aromatic N) is 2. The van der Waals surface area contributed by atoms with Crippen molar-refractivity contribution in [3.05, 3.63) is 66.5 Å². The summed E-state index contributed by atoms with van der Waals surface area (Å²) in [6, 6.07) is 12.7. The van der Waals surface area contributed by atoms with Gasteiger partial charge < -0.3 is 5.11 Å². The number of rotatable bonds is 6. The minimum atomic E-state index is -4.35. The molecule has 0 amide bonds. The van der Waals surface area contributed by atoms with Crippen LogP contribution in [-0.2, 0) is 6.18 Å². The van der Waals surface area contributed by atoms with Crippen molar-refractivity contribution in [2.75, 3.05) is 12.4 Å². The van der Waals surface area contributed by atoms with E-state index in [9.17, 15) is 13.2 Å². The molecule has 0 unspecified atom stereocenters. The molecule has 0 bridgehead atoms. The third-order valence-corrected chi connectivity index (χ3v) is 5.54. The van der Waals surface area contributed by atoms with E-state index in [1.807, 2.05) is 24.3 Å². The summed E-state index contributed by atoms with van der Waals surface area (Å²) in [4.78, 5) is 10.4. The molecule has 8 heteroatoms. The summed E-state index contributed by atoms with van der Waals surface area (Å²) < 4.78 is 38.1. The van der Waals surface area contributed by atoms with Crippen LogP contribution in [0.3, 0.4) is 0 Å². The molecule has 1 N–H and O–H groups in total. The van der Waals surface area contributed by atoms with E-state index in [4.69, 9.17) is 5.11 Å². The van der Waals surface area contributed by atoms with Gasteiger partial charge in [-0.3, -0.25) is 4.98 Å². The highest BCUT2D eigenvalue weighted by atomic mass is 32.2. The van der Waals surface area contributed by atoms with Crippen LogP contribution in [0.5, 0.6) is 0 Å². The molecule has 0 saturated heterocycles. The average Bonchev–Trinajstić information content (AvgIpc) is 2.67. The van der Waals surface area contributed by atoms with Crippen LogP contribution in [0.25, 0.3) is 11.3 Å². The summed E-state index contributed by atoms with van der Waals surface area (Å²) in [7, 11) is 0. The van der Waals surface area contributed by atoms with Gasteiger partial charge in [-0.1, -0.05) is 23.9 Å². The van der Waals surface area contributed by atoms with Crippen molar-refractivity contribution in [1.82, 2.24) is 9.97 Å². The predicted octanol–water partition coefficient (Wildman–Crippen LogP) is 5.40. The Bertz CT molecular complexity index is 885. The lowest BCUT2D eigenvalue weighted by molar-refractivity contribution is -0.137. The summed E-state index contributed by atoms with van der Waals surface area (Å²) in [6.07, 6.45) is -1.21. The molecule has 0 fully saturated rings. The van der Waals surface area contributed by atoms with Gasteiger partial charge in [0.1, 0.15) is 10.7 Å². The summed E-state index contributed by atoms with van der Waals surface area (Å²) in [6.45, 7) is 0.116. The Morgan fingerprint density at radius 1 is 0.852 bits per heavy atom. The molecule has 0 aliphatic rings. The van der Waals surface area contributed by atoms with Crippen LogP contribution in [0.15, 0.2) is 75.7 Å². The van der Waals surface area contributed by atoms with Crippen LogP contribution in [-0.4, -0.2) is 27.4 Å². The highest BCUT2D eigenvalue weighted by molar-refractivity contribution is 7.99. The smallest absolute Gasteiger partial charge is 0.396 e. The Balaban J connectivity index is 1.82. The van der Waals surface area contributed by atoms with Gasteiger partial charge in [-0.25, -0.2) is 4.98 Å². The maximum Gasteiger partial charge on any atom is 0.416 e. The van der Waals surface area contributed by atoms with Crippen LogP contribution in [0.4, 0.5) is 13.2 Å². The van der Waals surface area contributed by atoms with Crippen LogP contribution >= 0.6 is 23.5 Å². The van der Waals surface area contributed by atoms with Crippen molar-refractivity contribution >= 4 is 23.5 Å². The van der Waals surface area contributed by atoms with E-state index in [-0.39, 0.29) is 6.61 Å². The third kappa shape index (κ3) is 5.24. The van der Waals surface area contributed by atoms with Gasteiger partial charge in [0.15, 0.2) is 0 Å². The van der Waals surface area contributed by atoms with Crippen molar-refractivity contribution in [2.24, 2.45) is 0 Å². The lowest BCUT2D eigenvalue weighted by atomic mass is 10.2. The van der Waals surface area contributed by atoms with E-state index in [1.165, 1.54) is 23.9 Å². The second-order valence-electron chi connectivity index (χ2n) is 5.43. The van der Waals surface area contributed by atoms with Gasteiger partial charge in [0.25, 0.3) is 0 Å². The maximum atomic E-state index is 12.7. The highest BCUT2D eigenvalue weighted by Crippen LogP contribution is 2.35. The van der Waals surface area contributed by atoms with E-state index < -0.39 is 11.7 Å². The van der Waals surface area contributed by atoms with Crippen LogP contribution in [0, 0.1) is 0 Å². The van der Waals surface area contributed by atoms with Crippen LogP contribution in [0.2, 0.25) is 0 Å². The van der Waals surface area contributed by atoms with Crippen molar-refractivity contribution in [2.45, 2.75) is 21.0 Å². The zero-order valence-corrected chi connectivity index (χ0v) is 15.6. The van der Waals surface area contributed by atoms with Gasteiger partial charge in [0.05, 0.1) is 12.2 Å². The fraction of sp³-hybridized carbons (Fsp3) is 0.158. The van der Waals surface area contributed by atoms with Crippen LogP contribution in [0.1, 0.15) is 5.56 Å². The number of aliphatic hydroxyl groups excluding tert-OH is 1. The molecule has 27 heavy (non-hydrogen) atoms. The Morgan fingerprint density at radius 3 is 2.11 bits per heavy atom. The van der Waals surface area contributed by atoms with Gasteiger partial charge in [-0.05, 0) is 36.4 Å². The maximum absolute atomic E-state index is 12.7. The Morgan fingerprint density at radius 2 is 1.48 bits per heavy atom. The summed E-state index contributed by atoms with van der Waals surface area (Å²) in [5, 5.41) is 9.51. The van der Waals surface area contributed by atoms with E-state index in [1.54, 1.807) is 24.2 Å². The molecular weight excluding hydrogens is 393 g/mol. The first-order valence-corrected chi connectivity index (χ1v) is 9.78. The zero-order chi connectivity index (χ0) is 19.3. The van der Waals surface area contributed by atoms with Crippen molar-refractivity contribution in [3.8, 4) is 11.3 Å². The number of halogens is 3. The van der Waals surface area contributed by atoms with E-state index in [0.717, 1.165) is 22.6 Å². The number of hydrogen-bond donors (Lipinski definition) is 1. The first kappa shape index (κ1) is 19.7. The van der Waals surface area contributed by atoms with E-state index in [2.05, 4.69) is 9.97 Å². The van der Waals surface area contributed by atoms with Crippen LogP contribution < -0.4 is 0 Å². The number of aliphatic hydroxyl groups is 1. The number of benzene rings is 2. The molecule has 3 nitrogen and oxygen atoms in total. The number of alkyl halides is 3. The SMILES string of the molecule is OCCSc1ccc(-c2nccnc2Sc2ccc(C(F)(F)F)cc2)cc1. The minimum absolute atomic E-state index is 0.116. The van der Waals surface area contributed by atoms with Gasteiger partial charge >= 0.3 is 6.18 Å². The van der Waals surface area contributed by atoms with Crippen molar-refractivity contribution in [1.29, 1.82) is 0 Å². The second-order valence-corrected chi connectivity index (χ2v) is 7.66. The molecule has 140 valence electrons. The zero-order valence-electron chi connectivity index (χ0n) is 14.0. The van der Waals surface area contributed by atoms with Crippen molar-refractivity contribution in [3.63, 3.8) is 0 Å². The van der Waals surface area contributed by atoms with Gasteiger partial charge in [0, 0.05) is 33.5 Å². The monoisotopic (exact) mass is 408 g/mol. The quantitative estimate of drug-likeness (QED) is 0.554. The summed E-state index contributed by atoms with van der Waals surface area (Å²) in [5.41, 5.74) is 0.856. The lowest BCUT2D eigenvalue weighted by Gasteiger charge is -2.09. The predicted molar refractivity (Wildman–Crippen MR) is 101 cm³/mol. The second kappa shape index (κ2) is 8.77. The molecule has 1 heterocycles. The Kier molecular flexibility index (Phi) is 6.41. The first-order valence-electron chi connectivity index (χ1n) is 7.97. The molecule has 0 aliphatic heterocycles. The highest BCUT2D eigenvalue weighted by Gasteiger charge is 2.30. The fourth-order valence-corrected chi connectivity index (χ4v) is 3.83. The average molecular weight is 408 g/mol. The molecule has 0 atom stereocenters. The minimum Gasteiger partial charge on any atom is -0.396 e. The third-order valence-electron chi connectivity index (χ3n) is 3.55. The molecule has 1 aromatic heterocycles. The fourth-order valence-electron chi connectivity index (χ4n) is 2.29. The molecule has 0 aliphatic carbocycles. The van der Waals surface area contributed by atoms with Gasteiger partial charge in [0.2, 0.25) is 0 Å². The molecule has 0 radical (unpaired) electrons. The van der Waals surface area contributed by atoms with Crippen molar-refractivity contribution < 1.29 is 18.3 Å². The molecule has 3 rings (SSSR count). The molecule has 0 spiro atoms. The molecule has 3 aromatic rings. The molecule has 2 aromatic carbocycles. The Hall–Kier alpha value is -2.03. The standard InChI is InChI=1S/C19H15F3N2OS2/c20-19(21,22)14-3-7-16(8-4-14)27-18-17(23-9-10-24-18)13-1-5-15(6-2-13)26-12-11-25/h1-10,25H,11-12H2.